The maximum absolute atomic E-state index is 13.2. The van der Waals surface area contributed by atoms with Crippen molar-refractivity contribution in [1.29, 1.82) is 0 Å². The molecule has 1 fully saturated rings. The average molecular weight is 372 g/mol. The predicted molar refractivity (Wildman–Crippen MR) is 101 cm³/mol. The Labute approximate surface area is 158 Å². The van der Waals surface area contributed by atoms with Gasteiger partial charge in [-0.3, -0.25) is 4.79 Å². The highest BCUT2D eigenvalue weighted by Gasteiger charge is 2.34. The number of hydrogen-bond acceptors (Lipinski definition) is 4. The fourth-order valence-electron chi connectivity index (χ4n) is 3.41. The Morgan fingerprint density at radius 1 is 1.22 bits per heavy atom. The summed E-state index contributed by atoms with van der Waals surface area (Å²) in [6.07, 6.45) is 1.25. The van der Waals surface area contributed by atoms with Crippen LogP contribution in [0.1, 0.15) is 28.8 Å². The molecule has 1 aliphatic heterocycles. The number of methoxy groups -OCH3 is 1. The van der Waals surface area contributed by atoms with Crippen LogP contribution in [0.5, 0.6) is 5.75 Å². The van der Waals surface area contributed by atoms with E-state index >= 15 is 0 Å². The first-order valence-electron chi connectivity index (χ1n) is 9.13. The van der Waals surface area contributed by atoms with Crippen LogP contribution in [0.2, 0.25) is 0 Å². The summed E-state index contributed by atoms with van der Waals surface area (Å²) in [5, 5.41) is 13.8. The van der Waals surface area contributed by atoms with E-state index < -0.39 is 11.4 Å². The summed E-state index contributed by atoms with van der Waals surface area (Å²) >= 11 is 0. The molecule has 2 aromatic rings. The summed E-state index contributed by atoms with van der Waals surface area (Å²) in [7, 11) is 1.61. The molecule has 1 heterocycles. The van der Waals surface area contributed by atoms with Gasteiger partial charge in [-0.1, -0.05) is 18.2 Å². The van der Waals surface area contributed by atoms with Gasteiger partial charge in [0, 0.05) is 31.7 Å². The fraction of sp³-hybridized carbons (Fsp3) is 0.381. The first kappa shape index (κ1) is 19.3. The monoisotopic (exact) mass is 372 g/mol. The minimum atomic E-state index is -0.851. The van der Waals surface area contributed by atoms with Crippen molar-refractivity contribution in [1.82, 2.24) is 10.2 Å². The zero-order valence-electron chi connectivity index (χ0n) is 15.5. The maximum Gasteiger partial charge on any atom is 0.251 e. The van der Waals surface area contributed by atoms with E-state index in [1.165, 1.54) is 18.2 Å². The molecule has 144 valence electrons. The number of likely N-dealkylation sites (tertiary alicyclic amines) is 1. The number of carbonyl (C=O) groups is 1. The third-order valence-corrected chi connectivity index (χ3v) is 5.09. The fourth-order valence-corrected chi connectivity index (χ4v) is 3.41. The van der Waals surface area contributed by atoms with Gasteiger partial charge in [0.25, 0.3) is 5.91 Å². The summed E-state index contributed by atoms with van der Waals surface area (Å²) < 4.78 is 18.4. The molecule has 1 amide bonds. The third kappa shape index (κ3) is 4.84. The quantitative estimate of drug-likeness (QED) is 0.818. The molecular weight excluding hydrogens is 347 g/mol. The Balaban J connectivity index is 1.47. The van der Waals surface area contributed by atoms with Gasteiger partial charge in [-0.15, -0.1) is 0 Å². The Bertz CT molecular complexity index is 789. The van der Waals surface area contributed by atoms with E-state index in [0.29, 0.717) is 31.5 Å². The van der Waals surface area contributed by atoms with Gasteiger partial charge in [0.05, 0.1) is 12.7 Å². The molecule has 1 saturated heterocycles. The Kier molecular flexibility index (Phi) is 6.08. The molecule has 0 spiro atoms. The highest BCUT2D eigenvalue weighted by molar-refractivity contribution is 5.94. The van der Waals surface area contributed by atoms with E-state index in [2.05, 4.69) is 10.2 Å². The molecule has 3 rings (SSSR count). The second-order valence-corrected chi connectivity index (χ2v) is 6.87. The van der Waals surface area contributed by atoms with E-state index in [4.69, 9.17) is 4.74 Å². The summed E-state index contributed by atoms with van der Waals surface area (Å²) in [6.45, 7) is 2.65. The molecule has 2 N–H and O–H groups in total. The molecule has 0 bridgehead atoms. The van der Waals surface area contributed by atoms with Crippen LogP contribution in [0.25, 0.3) is 0 Å². The first-order chi connectivity index (χ1) is 13.0. The van der Waals surface area contributed by atoms with Crippen molar-refractivity contribution in [3.63, 3.8) is 0 Å². The standard InChI is InChI=1S/C21H25FN2O3/c1-27-19-7-3-5-17(15-19)21(26)8-11-24(12-9-21)13-10-23-20(25)16-4-2-6-18(22)14-16/h2-7,14-15,26H,8-13H2,1H3,(H,23,25). The van der Waals surface area contributed by atoms with Gasteiger partial charge < -0.3 is 20.1 Å². The normalized spacial score (nSPS) is 16.7. The number of ether oxygens (including phenoxy) is 1. The summed E-state index contributed by atoms with van der Waals surface area (Å²) in [5.74, 6) is 0.0401. The van der Waals surface area contributed by atoms with Gasteiger partial charge in [-0.2, -0.15) is 0 Å². The Hall–Kier alpha value is -2.44. The number of halogens is 1. The molecule has 0 unspecified atom stereocenters. The second-order valence-electron chi connectivity index (χ2n) is 6.87. The molecule has 0 atom stereocenters. The van der Waals surface area contributed by atoms with Crippen LogP contribution in [0.3, 0.4) is 0 Å². The van der Waals surface area contributed by atoms with Crippen LogP contribution in [0.15, 0.2) is 48.5 Å². The lowest BCUT2D eigenvalue weighted by Gasteiger charge is -2.38. The molecule has 6 heteroatoms. The molecule has 27 heavy (non-hydrogen) atoms. The van der Waals surface area contributed by atoms with E-state index in [-0.39, 0.29) is 5.91 Å². The lowest BCUT2D eigenvalue weighted by atomic mass is 9.84. The molecule has 1 aliphatic rings. The number of benzene rings is 2. The molecule has 0 aliphatic carbocycles. The van der Waals surface area contributed by atoms with Crippen molar-refractivity contribution in [3.8, 4) is 5.75 Å². The lowest BCUT2D eigenvalue weighted by molar-refractivity contribution is -0.0256. The van der Waals surface area contributed by atoms with Crippen molar-refractivity contribution < 1.29 is 19.0 Å². The minimum absolute atomic E-state index is 0.278. The van der Waals surface area contributed by atoms with Crippen molar-refractivity contribution in [2.75, 3.05) is 33.3 Å². The Morgan fingerprint density at radius 3 is 2.67 bits per heavy atom. The first-order valence-corrected chi connectivity index (χ1v) is 9.13. The van der Waals surface area contributed by atoms with Gasteiger partial charge in [0.1, 0.15) is 11.6 Å². The summed E-state index contributed by atoms with van der Waals surface area (Å²) in [5.41, 5.74) is 0.345. The number of nitrogens with one attached hydrogen (secondary N) is 1. The third-order valence-electron chi connectivity index (χ3n) is 5.09. The summed E-state index contributed by atoms with van der Waals surface area (Å²) in [4.78, 5) is 14.2. The number of hydrogen-bond donors (Lipinski definition) is 2. The van der Waals surface area contributed by atoms with E-state index in [0.717, 1.165) is 24.4 Å². The smallest absolute Gasteiger partial charge is 0.251 e. The number of amides is 1. The molecule has 0 aromatic heterocycles. The second kappa shape index (κ2) is 8.50. The van der Waals surface area contributed by atoms with Gasteiger partial charge in [0.2, 0.25) is 0 Å². The van der Waals surface area contributed by atoms with Gasteiger partial charge in [-0.05, 0) is 48.7 Å². The molecule has 2 aromatic carbocycles. The zero-order valence-corrected chi connectivity index (χ0v) is 15.5. The number of piperidine rings is 1. The number of nitrogens with zero attached hydrogens (tertiary/aromatic N) is 1. The van der Waals surface area contributed by atoms with E-state index in [9.17, 15) is 14.3 Å². The van der Waals surface area contributed by atoms with Crippen LogP contribution in [-0.4, -0.2) is 49.2 Å². The molecule has 5 nitrogen and oxygen atoms in total. The topological polar surface area (TPSA) is 61.8 Å². The SMILES string of the molecule is COc1cccc(C2(O)CCN(CCNC(=O)c3cccc(F)c3)CC2)c1. The van der Waals surface area contributed by atoms with Gasteiger partial charge in [-0.25, -0.2) is 4.39 Å². The van der Waals surface area contributed by atoms with Crippen LogP contribution in [-0.2, 0) is 5.60 Å². The van der Waals surface area contributed by atoms with Crippen LogP contribution in [0, 0.1) is 5.82 Å². The van der Waals surface area contributed by atoms with Crippen LogP contribution >= 0.6 is 0 Å². The summed E-state index contributed by atoms with van der Waals surface area (Å²) in [6, 6.07) is 13.2. The van der Waals surface area contributed by atoms with Crippen molar-refractivity contribution in [3.05, 3.63) is 65.5 Å². The number of aliphatic hydroxyl groups is 1. The largest absolute Gasteiger partial charge is 0.497 e. The molecular formula is C21H25FN2O3. The maximum atomic E-state index is 13.2. The zero-order chi connectivity index (χ0) is 19.3. The van der Waals surface area contributed by atoms with Crippen LogP contribution < -0.4 is 10.1 Å². The van der Waals surface area contributed by atoms with E-state index in [1.54, 1.807) is 13.2 Å². The average Bonchev–Trinajstić information content (AvgIpc) is 2.69. The van der Waals surface area contributed by atoms with Crippen molar-refractivity contribution >= 4 is 5.91 Å². The molecule has 0 radical (unpaired) electrons. The van der Waals surface area contributed by atoms with Crippen LogP contribution in [0.4, 0.5) is 4.39 Å². The highest BCUT2D eigenvalue weighted by Crippen LogP contribution is 2.34. The van der Waals surface area contributed by atoms with Gasteiger partial charge in [0.15, 0.2) is 0 Å². The minimum Gasteiger partial charge on any atom is -0.497 e. The Morgan fingerprint density at radius 2 is 1.96 bits per heavy atom. The van der Waals surface area contributed by atoms with Crippen molar-refractivity contribution in [2.45, 2.75) is 18.4 Å². The number of carbonyl (C=O) groups excluding carboxylic acids is 1. The number of rotatable bonds is 6. The van der Waals surface area contributed by atoms with Gasteiger partial charge >= 0.3 is 0 Å². The van der Waals surface area contributed by atoms with E-state index in [1.807, 2.05) is 24.3 Å². The predicted octanol–water partition coefficient (Wildman–Crippen LogP) is 2.55. The molecule has 0 saturated carbocycles. The lowest BCUT2D eigenvalue weighted by Crippen LogP contribution is -2.45. The van der Waals surface area contributed by atoms with Crippen molar-refractivity contribution in [2.24, 2.45) is 0 Å². The highest BCUT2D eigenvalue weighted by atomic mass is 19.1.